The third kappa shape index (κ3) is 3.18. The van der Waals surface area contributed by atoms with Crippen molar-refractivity contribution in [2.45, 2.75) is 13.0 Å². The van der Waals surface area contributed by atoms with Gasteiger partial charge >= 0.3 is 0 Å². The molecule has 0 aliphatic carbocycles. The largest absolute Gasteiger partial charge is 0.383 e. The lowest BCUT2D eigenvalue weighted by atomic mass is 10.2. The molecule has 0 aromatic carbocycles. The van der Waals surface area contributed by atoms with E-state index >= 15 is 0 Å². The third-order valence-corrected chi connectivity index (χ3v) is 2.53. The molecular weight excluding hydrogens is 228 g/mol. The van der Waals surface area contributed by atoms with Crippen molar-refractivity contribution in [3.05, 3.63) is 29.0 Å². The van der Waals surface area contributed by atoms with Gasteiger partial charge < -0.3 is 9.64 Å². The highest BCUT2D eigenvalue weighted by molar-refractivity contribution is 6.29. The second-order valence-electron chi connectivity index (χ2n) is 3.57. The number of aromatic nitrogens is 1. The quantitative estimate of drug-likeness (QED) is 0.757. The normalized spacial score (nSPS) is 12.2. The molecular formula is C11H15ClN2O2. The number of hydrogen-bond donors (Lipinski definition) is 0. The summed E-state index contributed by atoms with van der Waals surface area (Å²) in [6.45, 7) is 2.40. The van der Waals surface area contributed by atoms with Crippen LogP contribution in [-0.2, 0) is 4.74 Å². The Labute approximate surface area is 100 Å². The Bertz CT molecular complexity index is 371. The van der Waals surface area contributed by atoms with Gasteiger partial charge in [0.1, 0.15) is 10.8 Å². The molecule has 0 saturated heterocycles. The average Bonchev–Trinajstić information content (AvgIpc) is 2.27. The van der Waals surface area contributed by atoms with Gasteiger partial charge in [-0.15, -0.1) is 0 Å². The lowest BCUT2D eigenvalue weighted by molar-refractivity contribution is 0.0628. The monoisotopic (exact) mass is 242 g/mol. The zero-order chi connectivity index (χ0) is 12.1. The van der Waals surface area contributed by atoms with Gasteiger partial charge in [0.25, 0.3) is 5.91 Å². The maximum atomic E-state index is 12.0. The maximum Gasteiger partial charge on any atom is 0.272 e. The Morgan fingerprint density at radius 1 is 1.62 bits per heavy atom. The number of hydrogen-bond acceptors (Lipinski definition) is 3. The fourth-order valence-corrected chi connectivity index (χ4v) is 1.43. The van der Waals surface area contributed by atoms with E-state index in [9.17, 15) is 4.79 Å². The molecule has 0 radical (unpaired) electrons. The van der Waals surface area contributed by atoms with Crippen LogP contribution in [0.3, 0.4) is 0 Å². The number of amides is 1. The van der Waals surface area contributed by atoms with Crippen molar-refractivity contribution in [3.63, 3.8) is 0 Å². The van der Waals surface area contributed by atoms with Crippen LogP contribution in [-0.4, -0.2) is 42.6 Å². The van der Waals surface area contributed by atoms with Gasteiger partial charge in [0.2, 0.25) is 0 Å². The Morgan fingerprint density at radius 2 is 2.31 bits per heavy atom. The summed E-state index contributed by atoms with van der Waals surface area (Å²) in [4.78, 5) is 17.5. The molecule has 4 nitrogen and oxygen atoms in total. The van der Waals surface area contributed by atoms with Crippen LogP contribution in [0.15, 0.2) is 18.2 Å². The Balaban J connectivity index is 2.77. The minimum absolute atomic E-state index is 0.00159. The molecule has 1 atom stereocenters. The number of pyridine rings is 1. The summed E-state index contributed by atoms with van der Waals surface area (Å²) < 4.78 is 4.99. The summed E-state index contributed by atoms with van der Waals surface area (Å²) in [5, 5.41) is 0.318. The Morgan fingerprint density at radius 3 is 2.88 bits per heavy atom. The first kappa shape index (κ1) is 12.9. The predicted octanol–water partition coefficient (Wildman–Crippen LogP) is 1.84. The number of carbonyl (C=O) groups excluding carboxylic acids is 1. The number of ether oxygens (including phenoxy) is 1. The lowest BCUT2D eigenvalue weighted by Gasteiger charge is -2.23. The highest BCUT2D eigenvalue weighted by Crippen LogP contribution is 2.08. The predicted molar refractivity (Wildman–Crippen MR) is 62.7 cm³/mol. The fourth-order valence-electron chi connectivity index (χ4n) is 1.26. The summed E-state index contributed by atoms with van der Waals surface area (Å²) in [5.41, 5.74) is 0.345. The second kappa shape index (κ2) is 5.82. The van der Waals surface area contributed by atoms with E-state index in [0.29, 0.717) is 17.5 Å². The summed E-state index contributed by atoms with van der Waals surface area (Å²) in [7, 11) is 3.32. The molecule has 0 N–H and O–H groups in total. The highest BCUT2D eigenvalue weighted by Gasteiger charge is 2.18. The van der Waals surface area contributed by atoms with Crippen LogP contribution in [0, 0.1) is 0 Å². The molecule has 0 spiro atoms. The summed E-state index contributed by atoms with van der Waals surface area (Å²) in [6, 6.07) is 4.98. The van der Waals surface area contributed by atoms with Gasteiger partial charge in [-0.2, -0.15) is 0 Å². The van der Waals surface area contributed by atoms with E-state index in [1.807, 2.05) is 6.92 Å². The summed E-state index contributed by atoms with van der Waals surface area (Å²) >= 11 is 5.73. The molecule has 0 saturated carbocycles. The molecule has 1 aromatic heterocycles. The van der Waals surface area contributed by atoms with E-state index in [-0.39, 0.29) is 11.9 Å². The third-order valence-electron chi connectivity index (χ3n) is 2.32. The molecule has 1 heterocycles. The first-order valence-electron chi connectivity index (χ1n) is 4.95. The van der Waals surface area contributed by atoms with Crippen LogP contribution in [0.25, 0.3) is 0 Å². The first-order chi connectivity index (χ1) is 7.56. The number of nitrogens with zero attached hydrogens (tertiary/aromatic N) is 2. The van der Waals surface area contributed by atoms with E-state index in [0.717, 1.165) is 0 Å². The van der Waals surface area contributed by atoms with Crippen LogP contribution in [0.2, 0.25) is 5.15 Å². The van der Waals surface area contributed by atoms with Crippen molar-refractivity contribution in [3.8, 4) is 0 Å². The zero-order valence-electron chi connectivity index (χ0n) is 9.61. The van der Waals surface area contributed by atoms with E-state index in [4.69, 9.17) is 16.3 Å². The Kier molecular flexibility index (Phi) is 4.71. The molecule has 1 unspecified atom stereocenters. The topological polar surface area (TPSA) is 42.4 Å². The summed E-state index contributed by atoms with van der Waals surface area (Å²) in [5.74, 6) is -0.160. The minimum atomic E-state index is -0.160. The van der Waals surface area contributed by atoms with E-state index in [1.54, 1.807) is 37.3 Å². The zero-order valence-corrected chi connectivity index (χ0v) is 10.4. The average molecular weight is 243 g/mol. The van der Waals surface area contributed by atoms with Crippen LogP contribution in [0.1, 0.15) is 17.4 Å². The standard InChI is InChI=1S/C11H15ClN2O2/c1-8(7-16-3)14(2)11(15)9-5-4-6-10(12)13-9/h4-6,8H,7H2,1-3H3. The van der Waals surface area contributed by atoms with Gasteiger partial charge in [-0.3, -0.25) is 4.79 Å². The van der Waals surface area contributed by atoms with Crippen LogP contribution in [0.5, 0.6) is 0 Å². The van der Waals surface area contributed by atoms with E-state index < -0.39 is 0 Å². The van der Waals surface area contributed by atoms with E-state index in [1.165, 1.54) is 0 Å². The molecule has 88 valence electrons. The van der Waals surface area contributed by atoms with Gasteiger partial charge in [0, 0.05) is 14.2 Å². The summed E-state index contributed by atoms with van der Waals surface area (Å²) in [6.07, 6.45) is 0. The molecule has 1 aromatic rings. The molecule has 5 heteroatoms. The molecule has 0 fully saturated rings. The minimum Gasteiger partial charge on any atom is -0.383 e. The van der Waals surface area contributed by atoms with Crippen LogP contribution in [0.4, 0.5) is 0 Å². The molecule has 0 aliphatic heterocycles. The van der Waals surface area contributed by atoms with Gasteiger partial charge in [-0.25, -0.2) is 4.98 Å². The second-order valence-corrected chi connectivity index (χ2v) is 3.95. The van der Waals surface area contributed by atoms with E-state index in [2.05, 4.69) is 4.98 Å². The molecule has 16 heavy (non-hydrogen) atoms. The molecule has 1 amide bonds. The van der Waals surface area contributed by atoms with Gasteiger partial charge in [-0.1, -0.05) is 17.7 Å². The van der Waals surface area contributed by atoms with Crippen molar-refractivity contribution in [2.24, 2.45) is 0 Å². The number of carbonyl (C=O) groups is 1. The highest BCUT2D eigenvalue weighted by atomic mass is 35.5. The van der Waals surface area contributed by atoms with Crippen LogP contribution < -0.4 is 0 Å². The molecule has 0 bridgehead atoms. The Hall–Kier alpha value is -1.13. The SMILES string of the molecule is COCC(C)N(C)C(=O)c1cccc(Cl)n1. The van der Waals surface area contributed by atoms with Gasteiger partial charge in [0.05, 0.1) is 12.6 Å². The van der Waals surface area contributed by atoms with Crippen LogP contribution >= 0.6 is 11.6 Å². The molecule has 0 aliphatic rings. The maximum absolute atomic E-state index is 12.0. The van der Waals surface area contributed by atoms with Gasteiger partial charge in [0.15, 0.2) is 0 Å². The fraction of sp³-hybridized carbons (Fsp3) is 0.455. The molecule has 1 rings (SSSR count). The van der Waals surface area contributed by atoms with Crippen molar-refractivity contribution in [2.75, 3.05) is 20.8 Å². The van der Waals surface area contributed by atoms with Crippen molar-refractivity contribution < 1.29 is 9.53 Å². The van der Waals surface area contributed by atoms with Crippen molar-refractivity contribution in [1.82, 2.24) is 9.88 Å². The van der Waals surface area contributed by atoms with Crippen molar-refractivity contribution in [1.29, 1.82) is 0 Å². The number of likely N-dealkylation sites (N-methyl/N-ethyl adjacent to an activating group) is 1. The number of halogens is 1. The first-order valence-corrected chi connectivity index (χ1v) is 5.32. The smallest absolute Gasteiger partial charge is 0.272 e. The van der Waals surface area contributed by atoms with Crippen molar-refractivity contribution >= 4 is 17.5 Å². The number of rotatable bonds is 4. The number of methoxy groups -OCH3 is 1. The lowest BCUT2D eigenvalue weighted by Crippen LogP contribution is -2.38. The van der Waals surface area contributed by atoms with Gasteiger partial charge in [-0.05, 0) is 19.1 Å².